The molecule has 1 aliphatic heterocycles. The summed E-state index contributed by atoms with van der Waals surface area (Å²) >= 11 is 0. The molecular formula is C16H18N2O2. The minimum atomic E-state index is -0.135. The highest BCUT2D eigenvalue weighted by atomic mass is 16.2. The Balaban J connectivity index is 2.29. The molecule has 0 bridgehead atoms. The van der Waals surface area contributed by atoms with Crippen LogP contribution in [0.3, 0.4) is 0 Å². The summed E-state index contributed by atoms with van der Waals surface area (Å²) in [6, 6.07) is 7.61. The number of hydrogen-bond acceptors (Lipinski definition) is 2. The number of nitrogens with zero attached hydrogens (tertiary/aromatic N) is 2. The third kappa shape index (κ3) is 1.60. The molecule has 4 heteroatoms. The van der Waals surface area contributed by atoms with E-state index in [2.05, 4.69) is 6.92 Å². The molecule has 1 atom stereocenters. The van der Waals surface area contributed by atoms with Crippen LogP contribution >= 0.6 is 0 Å². The monoisotopic (exact) mass is 270 g/mol. The molecule has 20 heavy (non-hydrogen) atoms. The maximum atomic E-state index is 12.6. The lowest BCUT2D eigenvalue weighted by molar-refractivity contribution is 0.0711. The van der Waals surface area contributed by atoms with Gasteiger partial charge in [-0.2, -0.15) is 0 Å². The molecule has 3 rings (SSSR count). The summed E-state index contributed by atoms with van der Waals surface area (Å²) in [4.78, 5) is 26.9. The zero-order valence-electron chi connectivity index (χ0n) is 12.0. The van der Waals surface area contributed by atoms with E-state index >= 15 is 0 Å². The average Bonchev–Trinajstić information content (AvgIpc) is 2.82. The van der Waals surface area contributed by atoms with Gasteiger partial charge in [-0.1, -0.05) is 19.1 Å². The molecule has 4 nitrogen and oxygen atoms in total. The van der Waals surface area contributed by atoms with E-state index in [9.17, 15) is 9.59 Å². The summed E-state index contributed by atoms with van der Waals surface area (Å²) in [7, 11) is 1.92. The largest absolute Gasteiger partial charge is 0.345 e. The van der Waals surface area contributed by atoms with Crippen molar-refractivity contribution in [3.8, 4) is 0 Å². The molecule has 0 saturated carbocycles. The number of benzene rings is 1. The van der Waals surface area contributed by atoms with E-state index < -0.39 is 0 Å². The van der Waals surface area contributed by atoms with Crippen LogP contribution in [0, 0.1) is 0 Å². The topological polar surface area (TPSA) is 42.3 Å². The number of carbonyl (C=O) groups excluding carboxylic acids is 1. The third-order valence-electron chi connectivity index (χ3n) is 4.35. The molecule has 2 heterocycles. The zero-order valence-corrected chi connectivity index (χ0v) is 12.0. The average molecular weight is 270 g/mol. The number of carbonyl (C=O) groups is 1. The van der Waals surface area contributed by atoms with Gasteiger partial charge in [-0.15, -0.1) is 0 Å². The van der Waals surface area contributed by atoms with Crippen LogP contribution in [-0.4, -0.2) is 21.4 Å². The predicted octanol–water partition coefficient (Wildman–Crippen LogP) is 2.29. The molecule has 0 fully saturated rings. The first-order chi connectivity index (χ1) is 9.56. The van der Waals surface area contributed by atoms with Crippen LogP contribution in [0.5, 0.6) is 0 Å². The molecule has 1 aliphatic rings. The summed E-state index contributed by atoms with van der Waals surface area (Å²) in [5.41, 5.74) is 1.94. The van der Waals surface area contributed by atoms with E-state index in [4.69, 9.17) is 0 Å². The van der Waals surface area contributed by atoms with Crippen LogP contribution < -0.4 is 5.43 Å². The molecule has 2 aromatic rings. The van der Waals surface area contributed by atoms with Crippen molar-refractivity contribution in [3.05, 3.63) is 45.7 Å². The Labute approximate surface area is 117 Å². The number of aromatic nitrogens is 1. The van der Waals surface area contributed by atoms with Crippen molar-refractivity contribution >= 4 is 16.8 Å². The first-order valence-electron chi connectivity index (χ1n) is 6.97. The van der Waals surface area contributed by atoms with Gasteiger partial charge in [0.1, 0.15) is 5.56 Å². The number of amides is 1. The number of aryl methyl sites for hydroxylation is 1. The first kappa shape index (κ1) is 12.9. The van der Waals surface area contributed by atoms with Gasteiger partial charge in [0.15, 0.2) is 0 Å². The molecule has 1 aromatic heterocycles. The highest BCUT2D eigenvalue weighted by Gasteiger charge is 2.34. The Morgan fingerprint density at radius 2 is 1.95 bits per heavy atom. The lowest BCUT2D eigenvalue weighted by Gasteiger charge is -2.22. The second-order valence-electron chi connectivity index (χ2n) is 5.42. The van der Waals surface area contributed by atoms with Gasteiger partial charge in [0.2, 0.25) is 5.43 Å². The summed E-state index contributed by atoms with van der Waals surface area (Å²) in [6.45, 7) is 4.60. The summed E-state index contributed by atoms with van der Waals surface area (Å²) < 4.78 is 1.98. The Kier molecular flexibility index (Phi) is 2.89. The Hall–Kier alpha value is -2.10. The number of hydrogen-bond donors (Lipinski definition) is 0. The van der Waals surface area contributed by atoms with Crippen molar-refractivity contribution < 1.29 is 4.79 Å². The first-order valence-corrected chi connectivity index (χ1v) is 6.97. The maximum absolute atomic E-state index is 12.6. The van der Waals surface area contributed by atoms with E-state index in [1.165, 1.54) is 0 Å². The fraction of sp³-hybridized carbons (Fsp3) is 0.375. The second-order valence-corrected chi connectivity index (χ2v) is 5.42. The smallest absolute Gasteiger partial charge is 0.260 e. The molecule has 0 N–H and O–H groups in total. The van der Waals surface area contributed by atoms with Crippen molar-refractivity contribution in [3.63, 3.8) is 0 Å². The number of pyridine rings is 1. The molecule has 0 saturated heterocycles. The quantitative estimate of drug-likeness (QED) is 0.840. The van der Waals surface area contributed by atoms with Crippen LogP contribution in [0.1, 0.15) is 36.3 Å². The Morgan fingerprint density at radius 3 is 2.65 bits per heavy atom. The zero-order chi connectivity index (χ0) is 14.4. The highest BCUT2D eigenvalue weighted by molar-refractivity contribution is 6.01. The van der Waals surface area contributed by atoms with Gasteiger partial charge in [0.25, 0.3) is 5.91 Å². The van der Waals surface area contributed by atoms with Crippen LogP contribution in [0.25, 0.3) is 10.9 Å². The van der Waals surface area contributed by atoms with Gasteiger partial charge in [-0.3, -0.25) is 9.59 Å². The fourth-order valence-corrected chi connectivity index (χ4v) is 2.90. The van der Waals surface area contributed by atoms with Gasteiger partial charge in [-0.25, -0.2) is 0 Å². The van der Waals surface area contributed by atoms with Gasteiger partial charge in [0, 0.05) is 18.5 Å². The Morgan fingerprint density at radius 1 is 1.25 bits per heavy atom. The molecule has 1 unspecified atom stereocenters. The van der Waals surface area contributed by atoms with Crippen LogP contribution in [0.15, 0.2) is 29.1 Å². The molecule has 0 spiro atoms. The minimum absolute atomic E-state index is 0.124. The molecule has 1 aromatic carbocycles. The Bertz CT molecular complexity index is 761. The van der Waals surface area contributed by atoms with Crippen LogP contribution in [-0.2, 0) is 13.6 Å². The third-order valence-corrected chi connectivity index (χ3v) is 4.35. The lowest BCUT2D eigenvalue weighted by Crippen LogP contribution is -2.33. The van der Waals surface area contributed by atoms with E-state index in [1.54, 1.807) is 11.0 Å². The molecule has 104 valence electrons. The van der Waals surface area contributed by atoms with Crippen LogP contribution in [0.2, 0.25) is 0 Å². The summed E-state index contributed by atoms with van der Waals surface area (Å²) in [5, 5.41) is 0.619. The van der Waals surface area contributed by atoms with E-state index in [1.807, 2.05) is 36.7 Å². The number of para-hydroxylation sites is 1. The van der Waals surface area contributed by atoms with Crippen molar-refractivity contribution in [1.82, 2.24) is 9.47 Å². The van der Waals surface area contributed by atoms with Crippen molar-refractivity contribution in [2.75, 3.05) is 0 Å². The number of fused-ring (bicyclic) bond motifs is 2. The lowest BCUT2D eigenvalue weighted by atomic mass is 10.1. The number of rotatable bonds is 2. The van der Waals surface area contributed by atoms with Crippen molar-refractivity contribution in [2.45, 2.75) is 32.9 Å². The van der Waals surface area contributed by atoms with Crippen LogP contribution in [0.4, 0.5) is 0 Å². The molecular weight excluding hydrogens is 252 g/mol. The molecule has 0 aliphatic carbocycles. The van der Waals surface area contributed by atoms with Gasteiger partial charge in [0.05, 0.1) is 17.8 Å². The molecule has 0 radical (unpaired) electrons. The standard InChI is InChI=1S/C16H18N2O2/c1-4-10(2)18-9-13-14(16(18)20)15(19)11-7-5-6-8-12(11)17(13)3/h5-8,10H,4,9H2,1-3H3. The SMILES string of the molecule is CCC(C)N1Cc2c(c(=O)c3ccccc3n2C)C1=O. The maximum Gasteiger partial charge on any atom is 0.260 e. The van der Waals surface area contributed by atoms with Gasteiger partial charge < -0.3 is 9.47 Å². The minimum Gasteiger partial charge on any atom is -0.345 e. The highest BCUT2D eigenvalue weighted by Crippen LogP contribution is 2.25. The van der Waals surface area contributed by atoms with E-state index in [0.717, 1.165) is 17.6 Å². The predicted molar refractivity (Wildman–Crippen MR) is 78.8 cm³/mol. The van der Waals surface area contributed by atoms with E-state index in [-0.39, 0.29) is 17.4 Å². The summed E-state index contributed by atoms with van der Waals surface area (Å²) in [5.74, 6) is -0.124. The molecule has 1 amide bonds. The van der Waals surface area contributed by atoms with Crippen molar-refractivity contribution in [1.29, 1.82) is 0 Å². The van der Waals surface area contributed by atoms with Gasteiger partial charge >= 0.3 is 0 Å². The fourth-order valence-electron chi connectivity index (χ4n) is 2.90. The normalized spacial score (nSPS) is 15.8. The summed E-state index contributed by atoms with van der Waals surface area (Å²) in [6.07, 6.45) is 0.886. The second kappa shape index (κ2) is 4.47. The van der Waals surface area contributed by atoms with Crippen molar-refractivity contribution in [2.24, 2.45) is 7.05 Å². The van der Waals surface area contributed by atoms with E-state index in [0.29, 0.717) is 17.5 Å². The van der Waals surface area contributed by atoms with Gasteiger partial charge in [-0.05, 0) is 25.5 Å².